The Morgan fingerprint density at radius 3 is 2.58 bits per heavy atom. The van der Waals surface area contributed by atoms with Crippen molar-refractivity contribution in [1.29, 1.82) is 0 Å². The summed E-state index contributed by atoms with van der Waals surface area (Å²) in [6.45, 7) is 6.17. The fourth-order valence-electron chi connectivity index (χ4n) is 4.67. The Labute approximate surface area is 192 Å². The van der Waals surface area contributed by atoms with Crippen LogP contribution in [0.5, 0.6) is 11.5 Å². The smallest absolute Gasteiger partial charge is 0.228 e. The van der Waals surface area contributed by atoms with Gasteiger partial charge in [0, 0.05) is 30.4 Å². The summed E-state index contributed by atoms with van der Waals surface area (Å²) in [7, 11) is 0. The summed E-state index contributed by atoms with van der Waals surface area (Å²) in [5.74, 6) is 2.43. The van der Waals surface area contributed by atoms with E-state index in [9.17, 15) is 5.11 Å². The molecule has 0 fully saturated rings. The van der Waals surface area contributed by atoms with Crippen molar-refractivity contribution in [3.8, 4) is 11.5 Å². The summed E-state index contributed by atoms with van der Waals surface area (Å²) in [5.41, 5.74) is 5.91. The third-order valence-electron chi connectivity index (χ3n) is 6.37. The Hall–Kier alpha value is -4.06. The minimum absolute atomic E-state index is 0.227. The number of hydrogen-bond donors (Lipinski definition) is 1. The minimum atomic E-state index is -0.340. The van der Waals surface area contributed by atoms with Gasteiger partial charge in [-0.15, -0.1) is 0 Å². The van der Waals surface area contributed by atoms with E-state index >= 15 is 0 Å². The monoisotopic (exact) mass is 436 g/mol. The standard InChI is InChI=1S/C27H24N4O2/c1-3-30(4-2)19-12-9-18-15-21-26-28-22-7-5-6-8-23(22)31(26)25(17-10-13-20(32)14-11-17)29-27(21)33-24(18)16-19/h5-16,25,32H,3-4H2,1-2H3/t25-/m1/s1. The van der Waals surface area contributed by atoms with Gasteiger partial charge in [-0.1, -0.05) is 24.3 Å². The number of benzene rings is 3. The van der Waals surface area contributed by atoms with Crippen LogP contribution in [0.15, 0.2) is 71.7 Å². The van der Waals surface area contributed by atoms with Gasteiger partial charge in [-0.2, -0.15) is 0 Å². The van der Waals surface area contributed by atoms with E-state index < -0.39 is 0 Å². The summed E-state index contributed by atoms with van der Waals surface area (Å²) in [6.07, 6.45) is 1.78. The molecule has 164 valence electrons. The van der Waals surface area contributed by atoms with E-state index in [-0.39, 0.29) is 11.9 Å². The van der Waals surface area contributed by atoms with Crippen LogP contribution in [0.4, 0.5) is 5.69 Å². The first-order valence-electron chi connectivity index (χ1n) is 11.3. The molecular weight excluding hydrogens is 412 g/mol. The second-order valence-electron chi connectivity index (χ2n) is 8.25. The average Bonchev–Trinajstić information content (AvgIpc) is 3.24. The second-order valence-corrected chi connectivity index (χ2v) is 8.25. The summed E-state index contributed by atoms with van der Waals surface area (Å²) in [5, 5.41) is 9.80. The van der Waals surface area contributed by atoms with Gasteiger partial charge in [-0.05, 0) is 61.9 Å². The highest BCUT2D eigenvalue weighted by Gasteiger charge is 2.33. The molecule has 0 radical (unpaired) electrons. The number of ether oxygens (including phenoxy) is 1. The highest BCUT2D eigenvalue weighted by Crippen LogP contribution is 2.41. The maximum Gasteiger partial charge on any atom is 0.228 e. The first-order valence-corrected chi connectivity index (χ1v) is 11.3. The zero-order valence-electron chi connectivity index (χ0n) is 18.6. The number of fused-ring (bicyclic) bond motifs is 6. The van der Waals surface area contributed by atoms with Gasteiger partial charge >= 0.3 is 0 Å². The third-order valence-corrected chi connectivity index (χ3v) is 6.37. The molecule has 4 aromatic rings. The molecule has 3 heterocycles. The Balaban J connectivity index is 1.54. The fraction of sp³-hybridized carbons (Fsp3) is 0.185. The van der Waals surface area contributed by atoms with Crippen LogP contribution >= 0.6 is 0 Å². The summed E-state index contributed by atoms with van der Waals surface area (Å²) in [4.78, 5) is 12.3. The van der Waals surface area contributed by atoms with E-state index in [0.717, 1.165) is 58.1 Å². The predicted molar refractivity (Wildman–Crippen MR) is 132 cm³/mol. The molecule has 2 aliphatic rings. The Bertz CT molecular complexity index is 1430. The van der Waals surface area contributed by atoms with Crippen molar-refractivity contribution in [2.45, 2.75) is 20.0 Å². The van der Waals surface area contributed by atoms with Crippen LogP contribution in [-0.4, -0.2) is 33.6 Å². The van der Waals surface area contributed by atoms with Crippen LogP contribution < -0.4 is 9.64 Å². The molecule has 33 heavy (non-hydrogen) atoms. The van der Waals surface area contributed by atoms with Gasteiger partial charge in [0.25, 0.3) is 0 Å². The quantitative estimate of drug-likeness (QED) is 0.460. The summed E-state index contributed by atoms with van der Waals surface area (Å²) < 4.78 is 8.54. The van der Waals surface area contributed by atoms with Crippen LogP contribution in [0, 0.1) is 0 Å². The average molecular weight is 437 g/mol. The van der Waals surface area contributed by atoms with Crippen molar-refractivity contribution < 1.29 is 9.84 Å². The number of nitrogens with zero attached hydrogens (tertiary/aromatic N) is 4. The summed E-state index contributed by atoms with van der Waals surface area (Å²) >= 11 is 0. The number of imidazole rings is 1. The van der Waals surface area contributed by atoms with Gasteiger partial charge in [-0.3, -0.25) is 4.57 Å². The molecule has 1 atom stereocenters. The molecule has 0 saturated carbocycles. The molecule has 3 aromatic carbocycles. The van der Waals surface area contributed by atoms with Crippen LogP contribution in [0.3, 0.4) is 0 Å². The third kappa shape index (κ3) is 3.09. The van der Waals surface area contributed by atoms with Crippen molar-refractivity contribution in [3.63, 3.8) is 0 Å². The molecule has 0 unspecified atom stereocenters. The van der Waals surface area contributed by atoms with E-state index in [1.54, 1.807) is 12.1 Å². The first kappa shape index (κ1) is 19.6. The van der Waals surface area contributed by atoms with Crippen molar-refractivity contribution in [1.82, 2.24) is 9.55 Å². The molecular formula is C27H24N4O2. The number of phenols is 1. The molecule has 2 aliphatic heterocycles. The van der Waals surface area contributed by atoms with Gasteiger partial charge in [-0.25, -0.2) is 9.98 Å². The summed E-state index contributed by atoms with van der Waals surface area (Å²) in [6, 6.07) is 21.6. The van der Waals surface area contributed by atoms with Crippen LogP contribution in [0.1, 0.15) is 37.0 Å². The molecule has 0 spiro atoms. The number of aromatic nitrogens is 2. The van der Waals surface area contributed by atoms with Crippen LogP contribution in [0.2, 0.25) is 0 Å². The van der Waals surface area contributed by atoms with E-state index in [2.05, 4.69) is 53.7 Å². The van der Waals surface area contributed by atoms with Gasteiger partial charge in [0.1, 0.15) is 17.3 Å². The van der Waals surface area contributed by atoms with E-state index in [4.69, 9.17) is 14.7 Å². The van der Waals surface area contributed by atoms with E-state index in [1.165, 1.54) is 0 Å². The Morgan fingerprint density at radius 1 is 1.00 bits per heavy atom. The van der Waals surface area contributed by atoms with E-state index in [1.807, 2.05) is 30.3 Å². The maximum absolute atomic E-state index is 9.80. The largest absolute Gasteiger partial charge is 0.508 e. The number of phenolic OH excluding ortho intramolecular Hbond substituents is 1. The lowest BCUT2D eigenvalue weighted by molar-refractivity contribution is 0.474. The van der Waals surface area contributed by atoms with Crippen LogP contribution in [-0.2, 0) is 0 Å². The highest BCUT2D eigenvalue weighted by atomic mass is 16.5. The molecule has 0 amide bonds. The lowest BCUT2D eigenvalue weighted by atomic mass is 10.0. The molecule has 0 aliphatic carbocycles. The normalized spacial score (nSPS) is 16.2. The van der Waals surface area contributed by atoms with Gasteiger partial charge in [0.15, 0.2) is 6.17 Å². The molecule has 1 N–H and O–H groups in total. The molecule has 1 aromatic heterocycles. The van der Waals surface area contributed by atoms with Crippen LogP contribution in [0.25, 0.3) is 22.7 Å². The SMILES string of the molecule is CCN(CC)c1ccc2c(c1)OC1=N[C@@H](c3ccc(O)cc3)n3c(nc4ccccc43)C1=C2. The predicted octanol–water partition coefficient (Wildman–Crippen LogP) is 5.48. The number of rotatable bonds is 4. The Kier molecular flexibility index (Phi) is 4.47. The zero-order chi connectivity index (χ0) is 22.5. The number of anilines is 1. The molecule has 6 heteroatoms. The van der Waals surface area contributed by atoms with Gasteiger partial charge in [0.2, 0.25) is 5.90 Å². The number of para-hydroxylation sites is 2. The lowest BCUT2D eigenvalue weighted by Crippen LogP contribution is -2.27. The van der Waals surface area contributed by atoms with Crippen molar-refractivity contribution in [3.05, 3.63) is 83.7 Å². The van der Waals surface area contributed by atoms with Gasteiger partial charge in [0.05, 0.1) is 16.6 Å². The fourth-order valence-corrected chi connectivity index (χ4v) is 4.67. The molecule has 0 saturated heterocycles. The van der Waals surface area contributed by atoms with E-state index in [0.29, 0.717) is 5.90 Å². The minimum Gasteiger partial charge on any atom is -0.508 e. The molecule has 0 bridgehead atoms. The van der Waals surface area contributed by atoms with Crippen molar-refractivity contribution >= 4 is 34.3 Å². The number of aliphatic imine (C=N–C) groups is 1. The first-order chi connectivity index (χ1) is 16.2. The van der Waals surface area contributed by atoms with Crippen molar-refractivity contribution in [2.24, 2.45) is 4.99 Å². The second kappa shape index (κ2) is 7.52. The number of hydrogen-bond acceptors (Lipinski definition) is 5. The van der Waals surface area contributed by atoms with Crippen molar-refractivity contribution in [2.75, 3.05) is 18.0 Å². The maximum atomic E-state index is 9.80. The molecule has 6 nitrogen and oxygen atoms in total. The van der Waals surface area contributed by atoms with Gasteiger partial charge < -0.3 is 14.7 Å². The topological polar surface area (TPSA) is 62.9 Å². The number of aromatic hydroxyl groups is 1. The lowest BCUT2D eigenvalue weighted by Gasteiger charge is -2.29. The zero-order valence-corrected chi connectivity index (χ0v) is 18.6. The highest BCUT2D eigenvalue weighted by molar-refractivity contribution is 6.26. The molecule has 6 rings (SSSR count). The Morgan fingerprint density at radius 2 is 1.79 bits per heavy atom.